The van der Waals surface area contributed by atoms with Gasteiger partial charge in [-0.1, -0.05) is 0 Å². The van der Waals surface area contributed by atoms with Crippen molar-refractivity contribution < 1.29 is 13.6 Å². The number of aromatic nitrogens is 1. The van der Waals surface area contributed by atoms with Gasteiger partial charge in [0.15, 0.2) is 0 Å². The highest BCUT2D eigenvalue weighted by atomic mass is 19.1. The van der Waals surface area contributed by atoms with Crippen LogP contribution in [0.2, 0.25) is 0 Å². The Hall–Kier alpha value is -2.70. The van der Waals surface area contributed by atoms with Crippen molar-refractivity contribution in [2.75, 3.05) is 11.1 Å². The largest absolute Gasteiger partial charge is 0.398 e. The zero-order valence-corrected chi connectivity index (χ0v) is 10.3. The molecule has 2 aromatic rings. The Morgan fingerprint density at radius 3 is 2.70 bits per heavy atom. The van der Waals surface area contributed by atoms with Crippen LogP contribution in [0.15, 0.2) is 41.3 Å². The van der Waals surface area contributed by atoms with Crippen LogP contribution in [-0.2, 0) is 11.3 Å². The number of halogens is 2. The van der Waals surface area contributed by atoms with Gasteiger partial charge in [0.2, 0.25) is 5.91 Å². The van der Waals surface area contributed by atoms with Gasteiger partial charge in [-0.15, -0.1) is 0 Å². The summed E-state index contributed by atoms with van der Waals surface area (Å²) in [5.41, 5.74) is 5.26. The van der Waals surface area contributed by atoms with E-state index in [0.717, 1.165) is 16.7 Å². The van der Waals surface area contributed by atoms with E-state index in [1.165, 1.54) is 18.3 Å². The smallest absolute Gasteiger partial charge is 0.251 e. The summed E-state index contributed by atoms with van der Waals surface area (Å²) in [6, 6.07) is 5.41. The third-order valence-electron chi connectivity index (χ3n) is 2.53. The molecule has 0 fully saturated rings. The van der Waals surface area contributed by atoms with Crippen LogP contribution in [0.4, 0.5) is 20.2 Å². The summed E-state index contributed by atoms with van der Waals surface area (Å²) in [6.07, 6.45) is 1.31. The van der Waals surface area contributed by atoms with Gasteiger partial charge < -0.3 is 15.6 Å². The van der Waals surface area contributed by atoms with Crippen molar-refractivity contribution in [1.29, 1.82) is 0 Å². The average Bonchev–Trinajstić information content (AvgIpc) is 2.37. The van der Waals surface area contributed by atoms with Crippen molar-refractivity contribution in [1.82, 2.24) is 4.57 Å². The van der Waals surface area contributed by atoms with Crippen molar-refractivity contribution in [3.63, 3.8) is 0 Å². The molecule has 7 heteroatoms. The lowest BCUT2D eigenvalue weighted by Gasteiger charge is -2.08. The van der Waals surface area contributed by atoms with E-state index in [1.807, 2.05) is 0 Å². The number of hydrogen-bond donors (Lipinski definition) is 2. The minimum Gasteiger partial charge on any atom is -0.398 e. The van der Waals surface area contributed by atoms with Gasteiger partial charge in [-0.3, -0.25) is 9.59 Å². The van der Waals surface area contributed by atoms with Gasteiger partial charge in [-0.25, -0.2) is 8.78 Å². The van der Waals surface area contributed by atoms with Crippen molar-refractivity contribution >= 4 is 17.3 Å². The molecule has 0 radical (unpaired) electrons. The number of amides is 1. The number of nitrogens with zero attached hydrogens (tertiary/aromatic N) is 1. The van der Waals surface area contributed by atoms with E-state index in [1.54, 1.807) is 0 Å². The lowest BCUT2D eigenvalue weighted by atomic mass is 10.3. The number of anilines is 2. The zero-order chi connectivity index (χ0) is 14.7. The summed E-state index contributed by atoms with van der Waals surface area (Å²) in [4.78, 5) is 23.2. The first-order valence-corrected chi connectivity index (χ1v) is 5.66. The molecule has 5 nitrogen and oxygen atoms in total. The van der Waals surface area contributed by atoms with Crippen LogP contribution < -0.4 is 16.6 Å². The summed E-state index contributed by atoms with van der Waals surface area (Å²) in [7, 11) is 0. The predicted molar refractivity (Wildman–Crippen MR) is 70.1 cm³/mol. The molecule has 0 bridgehead atoms. The number of benzene rings is 1. The van der Waals surface area contributed by atoms with E-state index in [2.05, 4.69) is 5.32 Å². The van der Waals surface area contributed by atoms with Gasteiger partial charge in [0, 0.05) is 24.0 Å². The van der Waals surface area contributed by atoms with Gasteiger partial charge >= 0.3 is 0 Å². The SMILES string of the molecule is Nc1ccc(=O)n(CC(=O)Nc2ccc(F)cc2F)c1. The summed E-state index contributed by atoms with van der Waals surface area (Å²) < 4.78 is 27.2. The molecular weight excluding hydrogens is 268 g/mol. The molecule has 0 saturated heterocycles. The highest BCUT2D eigenvalue weighted by molar-refractivity contribution is 5.90. The summed E-state index contributed by atoms with van der Waals surface area (Å²) in [5.74, 6) is -2.26. The third kappa shape index (κ3) is 3.19. The number of nitrogens with one attached hydrogen (secondary N) is 1. The van der Waals surface area contributed by atoms with Crippen LogP contribution in [0.5, 0.6) is 0 Å². The van der Waals surface area contributed by atoms with Crippen molar-refractivity contribution in [2.45, 2.75) is 6.54 Å². The molecule has 20 heavy (non-hydrogen) atoms. The minimum atomic E-state index is -0.890. The summed E-state index contributed by atoms with van der Waals surface area (Å²) in [5, 5.41) is 2.25. The standard InChI is InChI=1S/C13H11F2N3O2/c14-8-1-3-11(10(15)5-8)17-12(19)7-18-6-9(16)2-4-13(18)20/h1-6H,7,16H2,(H,17,19). The van der Waals surface area contributed by atoms with Crippen LogP contribution in [0, 0.1) is 11.6 Å². The fraction of sp³-hybridized carbons (Fsp3) is 0.0769. The zero-order valence-electron chi connectivity index (χ0n) is 10.3. The van der Waals surface area contributed by atoms with Crippen LogP contribution in [0.25, 0.3) is 0 Å². The number of hydrogen-bond acceptors (Lipinski definition) is 3. The normalized spacial score (nSPS) is 10.3. The van der Waals surface area contributed by atoms with E-state index < -0.39 is 23.1 Å². The number of pyridine rings is 1. The molecule has 0 unspecified atom stereocenters. The topological polar surface area (TPSA) is 77.1 Å². The van der Waals surface area contributed by atoms with Crippen LogP contribution in [0.3, 0.4) is 0 Å². The fourth-order valence-electron chi connectivity index (χ4n) is 1.61. The average molecular weight is 279 g/mol. The van der Waals surface area contributed by atoms with Crippen LogP contribution >= 0.6 is 0 Å². The maximum absolute atomic E-state index is 13.3. The lowest BCUT2D eigenvalue weighted by Crippen LogP contribution is -2.27. The van der Waals surface area contributed by atoms with Gasteiger partial charge in [0.1, 0.15) is 18.2 Å². The Bertz CT molecular complexity index is 713. The Labute approximate surface area is 112 Å². The first-order valence-electron chi connectivity index (χ1n) is 5.66. The Morgan fingerprint density at radius 1 is 1.25 bits per heavy atom. The first-order chi connectivity index (χ1) is 9.45. The Kier molecular flexibility index (Phi) is 3.79. The quantitative estimate of drug-likeness (QED) is 0.890. The number of nitrogen functional groups attached to an aromatic ring is 1. The number of nitrogens with two attached hydrogens (primary N) is 1. The van der Waals surface area contributed by atoms with E-state index in [9.17, 15) is 18.4 Å². The van der Waals surface area contributed by atoms with E-state index in [0.29, 0.717) is 11.8 Å². The number of rotatable bonds is 3. The fourth-order valence-corrected chi connectivity index (χ4v) is 1.61. The van der Waals surface area contributed by atoms with Crippen molar-refractivity contribution in [3.05, 3.63) is 58.5 Å². The first kappa shape index (κ1) is 13.7. The van der Waals surface area contributed by atoms with Gasteiger partial charge in [-0.2, -0.15) is 0 Å². The molecule has 0 aliphatic rings. The monoisotopic (exact) mass is 279 g/mol. The second-order valence-corrected chi connectivity index (χ2v) is 4.10. The van der Waals surface area contributed by atoms with Crippen LogP contribution in [0.1, 0.15) is 0 Å². The molecule has 1 aromatic heterocycles. The predicted octanol–water partition coefficient (Wildman–Crippen LogP) is 1.35. The molecule has 1 heterocycles. The molecule has 1 amide bonds. The molecule has 3 N–H and O–H groups in total. The highest BCUT2D eigenvalue weighted by Crippen LogP contribution is 2.14. The molecule has 1 aromatic carbocycles. The summed E-state index contributed by atoms with van der Waals surface area (Å²) >= 11 is 0. The second kappa shape index (κ2) is 5.52. The van der Waals surface area contributed by atoms with Gasteiger partial charge in [0.05, 0.1) is 5.69 Å². The summed E-state index contributed by atoms with van der Waals surface area (Å²) in [6.45, 7) is -0.319. The molecule has 2 rings (SSSR count). The second-order valence-electron chi connectivity index (χ2n) is 4.10. The molecule has 104 valence electrons. The minimum absolute atomic E-state index is 0.159. The highest BCUT2D eigenvalue weighted by Gasteiger charge is 2.09. The Morgan fingerprint density at radius 2 is 2.00 bits per heavy atom. The molecule has 0 spiro atoms. The molecular formula is C13H11F2N3O2. The molecule has 0 atom stereocenters. The maximum atomic E-state index is 13.3. The number of carbonyl (C=O) groups excluding carboxylic acids is 1. The third-order valence-corrected chi connectivity index (χ3v) is 2.53. The van der Waals surface area contributed by atoms with E-state index in [4.69, 9.17) is 5.73 Å². The van der Waals surface area contributed by atoms with Crippen molar-refractivity contribution in [3.8, 4) is 0 Å². The maximum Gasteiger partial charge on any atom is 0.251 e. The van der Waals surface area contributed by atoms with E-state index in [-0.39, 0.29) is 12.2 Å². The lowest BCUT2D eigenvalue weighted by molar-refractivity contribution is -0.116. The molecule has 0 aliphatic carbocycles. The van der Waals surface area contributed by atoms with Crippen molar-refractivity contribution in [2.24, 2.45) is 0 Å². The number of carbonyl (C=O) groups is 1. The van der Waals surface area contributed by atoms with E-state index >= 15 is 0 Å². The van der Waals surface area contributed by atoms with Gasteiger partial charge in [-0.05, 0) is 18.2 Å². The Balaban J connectivity index is 2.13. The molecule has 0 aliphatic heterocycles. The van der Waals surface area contributed by atoms with Gasteiger partial charge in [0.25, 0.3) is 5.56 Å². The molecule has 0 saturated carbocycles. The van der Waals surface area contributed by atoms with Crippen LogP contribution in [-0.4, -0.2) is 10.5 Å².